The normalized spacial score (nSPS) is 29.1. The maximum absolute atomic E-state index is 12.7. The van der Waals surface area contributed by atoms with E-state index in [2.05, 4.69) is 5.32 Å². The third-order valence-corrected chi connectivity index (χ3v) is 5.67. The molecule has 1 aliphatic carbocycles. The first-order valence-electron chi connectivity index (χ1n) is 9.21. The van der Waals surface area contributed by atoms with Crippen molar-refractivity contribution in [1.82, 2.24) is 15.1 Å². The highest BCUT2D eigenvalue weighted by atomic mass is 16.2. The lowest BCUT2D eigenvalue weighted by Crippen LogP contribution is -2.51. The van der Waals surface area contributed by atoms with Crippen LogP contribution in [0.3, 0.4) is 0 Å². The van der Waals surface area contributed by atoms with Gasteiger partial charge in [0, 0.05) is 32.2 Å². The molecule has 0 bridgehead atoms. The highest BCUT2D eigenvalue weighted by Crippen LogP contribution is 2.24. The molecule has 3 fully saturated rings. The van der Waals surface area contributed by atoms with Crippen molar-refractivity contribution in [2.45, 2.75) is 51.0 Å². The van der Waals surface area contributed by atoms with Gasteiger partial charge in [0.25, 0.3) is 0 Å². The number of nitrogens with zero attached hydrogens (tertiary/aromatic N) is 2. The van der Waals surface area contributed by atoms with Crippen molar-refractivity contribution in [3.05, 3.63) is 0 Å². The highest BCUT2D eigenvalue weighted by molar-refractivity contribution is 5.81. The molecule has 6 nitrogen and oxygen atoms in total. The first-order chi connectivity index (χ1) is 11.2. The van der Waals surface area contributed by atoms with Crippen LogP contribution in [0.15, 0.2) is 0 Å². The van der Waals surface area contributed by atoms with Crippen LogP contribution >= 0.6 is 0 Å². The second-order valence-electron chi connectivity index (χ2n) is 7.39. The van der Waals surface area contributed by atoms with Gasteiger partial charge in [-0.25, -0.2) is 4.79 Å². The number of amides is 3. The van der Waals surface area contributed by atoms with E-state index >= 15 is 0 Å². The molecule has 6 heteroatoms. The van der Waals surface area contributed by atoms with Crippen LogP contribution in [0.5, 0.6) is 0 Å². The van der Waals surface area contributed by atoms with Crippen LogP contribution in [-0.2, 0) is 4.79 Å². The van der Waals surface area contributed by atoms with Crippen LogP contribution in [0.4, 0.5) is 4.79 Å². The minimum Gasteiger partial charge on any atom is -0.342 e. The van der Waals surface area contributed by atoms with Gasteiger partial charge in [0.15, 0.2) is 0 Å². The number of hydrogen-bond acceptors (Lipinski definition) is 3. The Labute approximate surface area is 138 Å². The van der Waals surface area contributed by atoms with Gasteiger partial charge < -0.3 is 20.9 Å². The van der Waals surface area contributed by atoms with E-state index in [9.17, 15) is 9.59 Å². The Kier molecular flexibility index (Phi) is 5.41. The SMILES string of the molecule is NCC1CCN(C(=O)C2CCCN(C(=O)NC3CCCC3)C2)C1. The summed E-state index contributed by atoms with van der Waals surface area (Å²) in [6.45, 7) is 3.62. The van der Waals surface area contributed by atoms with E-state index in [1.807, 2.05) is 9.80 Å². The van der Waals surface area contributed by atoms with Crippen molar-refractivity contribution in [3.8, 4) is 0 Å². The standard InChI is InChI=1S/C17H30N4O2/c18-10-13-7-9-20(11-13)16(22)14-4-3-8-21(12-14)17(23)19-15-5-1-2-6-15/h13-15H,1-12,18H2,(H,19,23). The molecular weight excluding hydrogens is 292 g/mol. The second-order valence-corrected chi connectivity index (χ2v) is 7.39. The maximum Gasteiger partial charge on any atom is 0.317 e. The molecule has 0 radical (unpaired) electrons. The van der Waals surface area contributed by atoms with Gasteiger partial charge in [-0.1, -0.05) is 12.8 Å². The predicted molar refractivity (Wildman–Crippen MR) is 88.8 cm³/mol. The van der Waals surface area contributed by atoms with Crippen molar-refractivity contribution in [1.29, 1.82) is 0 Å². The predicted octanol–water partition coefficient (Wildman–Crippen LogP) is 1.16. The van der Waals surface area contributed by atoms with Gasteiger partial charge in [-0.2, -0.15) is 0 Å². The lowest BCUT2D eigenvalue weighted by molar-refractivity contribution is -0.135. The maximum atomic E-state index is 12.7. The molecular formula is C17H30N4O2. The zero-order valence-electron chi connectivity index (χ0n) is 14.0. The number of nitrogens with one attached hydrogen (secondary N) is 1. The van der Waals surface area contributed by atoms with E-state index in [4.69, 9.17) is 5.73 Å². The molecule has 3 amide bonds. The topological polar surface area (TPSA) is 78.7 Å². The summed E-state index contributed by atoms with van der Waals surface area (Å²) in [5.41, 5.74) is 5.72. The van der Waals surface area contributed by atoms with Gasteiger partial charge in [0.05, 0.1) is 5.92 Å². The van der Waals surface area contributed by atoms with Gasteiger partial charge in [-0.3, -0.25) is 4.79 Å². The molecule has 23 heavy (non-hydrogen) atoms. The molecule has 2 aliphatic heterocycles. The van der Waals surface area contributed by atoms with Gasteiger partial charge in [-0.15, -0.1) is 0 Å². The largest absolute Gasteiger partial charge is 0.342 e. The molecule has 2 atom stereocenters. The Hall–Kier alpha value is -1.30. The van der Waals surface area contributed by atoms with Crippen LogP contribution in [-0.4, -0.2) is 60.5 Å². The molecule has 2 unspecified atom stereocenters. The first-order valence-corrected chi connectivity index (χ1v) is 9.21. The summed E-state index contributed by atoms with van der Waals surface area (Å²) in [5.74, 6) is 0.637. The molecule has 0 aromatic carbocycles. The number of carbonyl (C=O) groups is 2. The number of rotatable bonds is 3. The Morgan fingerprint density at radius 1 is 0.957 bits per heavy atom. The number of likely N-dealkylation sites (tertiary alicyclic amines) is 2. The van der Waals surface area contributed by atoms with Crippen molar-refractivity contribution in [3.63, 3.8) is 0 Å². The van der Waals surface area contributed by atoms with Crippen molar-refractivity contribution >= 4 is 11.9 Å². The average Bonchev–Trinajstić information content (AvgIpc) is 3.25. The molecule has 0 aromatic rings. The minimum absolute atomic E-state index is 0.0238. The fourth-order valence-corrected chi connectivity index (χ4v) is 4.18. The number of nitrogens with two attached hydrogens (primary N) is 1. The molecule has 0 spiro atoms. The lowest BCUT2D eigenvalue weighted by Gasteiger charge is -2.34. The summed E-state index contributed by atoms with van der Waals surface area (Å²) >= 11 is 0. The lowest BCUT2D eigenvalue weighted by atomic mass is 9.96. The van der Waals surface area contributed by atoms with Gasteiger partial charge >= 0.3 is 6.03 Å². The van der Waals surface area contributed by atoms with Crippen LogP contribution in [0, 0.1) is 11.8 Å². The van der Waals surface area contributed by atoms with Crippen LogP contribution in [0.1, 0.15) is 44.9 Å². The summed E-state index contributed by atoms with van der Waals surface area (Å²) in [6, 6.07) is 0.359. The Bertz CT molecular complexity index is 436. The second kappa shape index (κ2) is 7.51. The quantitative estimate of drug-likeness (QED) is 0.818. The van der Waals surface area contributed by atoms with E-state index in [-0.39, 0.29) is 17.9 Å². The summed E-state index contributed by atoms with van der Waals surface area (Å²) in [6.07, 6.45) is 7.44. The Balaban J connectivity index is 1.51. The average molecular weight is 322 g/mol. The van der Waals surface area contributed by atoms with Crippen LogP contribution in [0.2, 0.25) is 0 Å². The molecule has 1 saturated carbocycles. The van der Waals surface area contributed by atoms with E-state index in [1.54, 1.807) is 0 Å². The number of urea groups is 1. The molecule has 0 aromatic heterocycles. The zero-order valence-corrected chi connectivity index (χ0v) is 14.0. The molecule has 2 heterocycles. The van der Waals surface area contributed by atoms with Gasteiger partial charge in [0.2, 0.25) is 5.91 Å². The summed E-state index contributed by atoms with van der Waals surface area (Å²) in [4.78, 5) is 28.9. The molecule has 2 saturated heterocycles. The van der Waals surface area contributed by atoms with E-state index in [0.29, 0.717) is 25.0 Å². The number of piperidine rings is 1. The van der Waals surface area contributed by atoms with Crippen molar-refractivity contribution in [2.24, 2.45) is 17.6 Å². The highest BCUT2D eigenvalue weighted by Gasteiger charge is 2.34. The molecule has 3 rings (SSSR count). The third kappa shape index (κ3) is 3.97. The van der Waals surface area contributed by atoms with Crippen molar-refractivity contribution < 1.29 is 9.59 Å². The first kappa shape index (κ1) is 16.6. The Morgan fingerprint density at radius 2 is 1.74 bits per heavy atom. The minimum atomic E-state index is -0.0328. The summed E-state index contributed by atoms with van der Waals surface area (Å²) < 4.78 is 0. The fraction of sp³-hybridized carbons (Fsp3) is 0.882. The number of hydrogen-bond donors (Lipinski definition) is 2. The number of carbonyl (C=O) groups excluding carboxylic acids is 2. The van der Waals surface area contributed by atoms with Gasteiger partial charge in [0.1, 0.15) is 0 Å². The van der Waals surface area contributed by atoms with E-state index in [1.165, 1.54) is 12.8 Å². The Morgan fingerprint density at radius 3 is 2.43 bits per heavy atom. The van der Waals surface area contributed by atoms with Crippen molar-refractivity contribution in [2.75, 3.05) is 32.7 Å². The van der Waals surface area contributed by atoms with E-state index in [0.717, 1.165) is 51.7 Å². The summed E-state index contributed by atoms with van der Waals surface area (Å²) in [7, 11) is 0. The van der Waals surface area contributed by atoms with Gasteiger partial charge in [-0.05, 0) is 44.6 Å². The summed E-state index contributed by atoms with van der Waals surface area (Å²) in [5, 5.41) is 3.14. The molecule has 130 valence electrons. The molecule has 3 aliphatic rings. The smallest absolute Gasteiger partial charge is 0.317 e. The zero-order chi connectivity index (χ0) is 16.2. The fourth-order valence-electron chi connectivity index (χ4n) is 4.18. The molecule has 3 N–H and O–H groups in total. The monoisotopic (exact) mass is 322 g/mol. The van der Waals surface area contributed by atoms with Crippen LogP contribution < -0.4 is 11.1 Å². The van der Waals surface area contributed by atoms with E-state index < -0.39 is 0 Å². The van der Waals surface area contributed by atoms with Crippen LogP contribution in [0.25, 0.3) is 0 Å². The third-order valence-electron chi connectivity index (χ3n) is 5.67.